The van der Waals surface area contributed by atoms with Crippen molar-refractivity contribution in [2.24, 2.45) is 11.8 Å². The van der Waals surface area contributed by atoms with Gasteiger partial charge in [0.2, 0.25) is 11.8 Å². The minimum absolute atomic E-state index is 0.00963. The number of hydrogen-bond acceptors (Lipinski definition) is 6. The van der Waals surface area contributed by atoms with Crippen molar-refractivity contribution in [2.75, 3.05) is 13.1 Å². The van der Waals surface area contributed by atoms with Crippen LogP contribution in [0.15, 0.2) is 12.1 Å². The number of amides is 2. The van der Waals surface area contributed by atoms with E-state index in [0.29, 0.717) is 60.5 Å². The first-order chi connectivity index (χ1) is 19.2. The van der Waals surface area contributed by atoms with E-state index < -0.39 is 30.4 Å². The molecule has 10 nitrogen and oxygen atoms in total. The predicted molar refractivity (Wildman–Crippen MR) is 139 cm³/mol. The zero-order valence-corrected chi connectivity index (χ0v) is 22.9. The predicted octanol–water partition coefficient (Wildman–Crippen LogP) is 4.36. The molecule has 3 heterocycles. The quantitative estimate of drug-likeness (QED) is 0.493. The highest BCUT2D eigenvalue weighted by Gasteiger charge is 2.46. The third kappa shape index (κ3) is 5.13. The number of carboxylic acids is 1. The average Bonchev–Trinajstić information content (AvgIpc) is 3.57. The van der Waals surface area contributed by atoms with Crippen LogP contribution in [0.3, 0.4) is 0 Å². The number of nitrogens with zero attached hydrogens (tertiary/aromatic N) is 5. The summed E-state index contributed by atoms with van der Waals surface area (Å²) in [6.07, 6.45) is 0.0418. The summed E-state index contributed by atoms with van der Waals surface area (Å²) in [4.78, 5) is 42.3. The number of aliphatic carboxylic acids is 1. The highest BCUT2D eigenvalue weighted by molar-refractivity contribution is 6.31. The minimum atomic E-state index is -2.80. The lowest BCUT2D eigenvalue weighted by atomic mass is 9.78. The van der Waals surface area contributed by atoms with E-state index in [4.69, 9.17) is 16.3 Å². The molecule has 1 unspecified atom stereocenters. The summed E-state index contributed by atoms with van der Waals surface area (Å²) in [6.45, 7) is 2.27. The monoisotopic (exact) mass is 579 g/mol. The van der Waals surface area contributed by atoms with Gasteiger partial charge in [-0.15, -0.1) is 5.10 Å². The smallest absolute Gasteiger partial charge is 0.307 e. The molecule has 1 aromatic heterocycles. The van der Waals surface area contributed by atoms with E-state index in [9.17, 15) is 28.3 Å². The number of aryl methyl sites for hydroxylation is 1. The fourth-order valence-electron chi connectivity index (χ4n) is 6.28. The van der Waals surface area contributed by atoms with Crippen molar-refractivity contribution in [1.29, 1.82) is 0 Å². The summed E-state index contributed by atoms with van der Waals surface area (Å²) < 4.78 is 34.7. The van der Waals surface area contributed by atoms with E-state index in [0.717, 1.165) is 17.5 Å². The van der Waals surface area contributed by atoms with Crippen molar-refractivity contribution in [3.05, 3.63) is 39.7 Å². The number of rotatable bonds is 8. The van der Waals surface area contributed by atoms with Gasteiger partial charge in [0.1, 0.15) is 29.9 Å². The number of carbonyl (C=O) groups excluding carboxylic acids is 2. The lowest BCUT2D eigenvalue weighted by Gasteiger charge is -2.45. The molecule has 2 aliphatic heterocycles. The Morgan fingerprint density at radius 3 is 2.55 bits per heavy atom. The van der Waals surface area contributed by atoms with Crippen LogP contribution in [0.2, 0.25) is 5.02 Å². The number of carboxylic acid groups (broad SMARTS) is 1. The number of carbonyl (C=O) groups is 3. The van der Waals surface area contributed by atoms with Crippen molar-refractivity contribution < 1.29 is 33.0 Å². The summed E-state index contributed by atoms with van der Waals surface area (Å²) in [7, 11) is 0. The van der Waals surface area contributed by atoms with Crippen LogP contribution in [0.5, 0.6) is 5.75 Å². The Hall–Kier alpha value is -3.28. The number of halogens is 3. The lowest BCUT2D eigenvalue weighted by molar-refractivity contribution is -0.157. The topological polar surface area (TPSA) is 118 Å². The van der Waals surface area contributed by atoms with Crippen LogP contribution in [0, 0.1) is 11.8 Å². The maximum absolute atomic E-state index is 14.0. The van der Waals surface area contributed by atoms with Crippen molar-refractivity contribution in [1.82, 2.24) is 24.8 Å². The number of fused-ring (bicyclic) bond motifs is 1. The molecule has 3 aliphatic rings. The molecule has 2 aromatic rings. The van der Waals surface area contributed by atoms with Crippen LogP contribution in [0.1, 0.15) is 80.6 Å². The first kappa shape index (κ1) is 28.3. The summed E-state index contributed by atoms with van der Waals surface area (Å²) >= 11 is 6.60. The average molecular weight is 580 g/mol. The Bertz CT molecular complexity index is 1300. The normalized spacial score (nSPS) is 23.0. The minimum Gasteiger partial charge on any atom is -0.487 e. The van der Waals surface area contributed by atoms with Crippen LogP contribution >= 0.6 is 11.6 Å². The number of likely N-dealkylation sites (tertiary alicyclic amines) is 1. The number of hydrogen-bond donors (Lipinski definition) is 1. The fourth-order valence-corrected chi connectivity index (χ4v) is 6.54. The number of ether oxygens (including phenoxy) is 1. The van der Waals surface area contributed by atoms with E-state index in [1.54, 1.807) is 28.9 Å². The van der Waals surface area contributed by atoms with Gasteiger partial charge in [-0.3, -0.25) is 14.4 Å². The number of benzene rings is 1. The summed E-state index contributed by atoms with van der Waals surface area (Å²) in [5.74, 6) is -2.63. The summed E-state index contributed by atoms with van der Waals surface area (Å²) in [5, 5.41) is 18.0. The van der Waals surface area contributed by atoms with Crippen molar-refractivity contribution in [2.45, 2.75) is 77.6 Å². The van der Waals surface area contributed by atoms with Crippen LogP contribution in [0.4, 0.5) is 8.78 Å². The van der Waals surface area contributed by atoms with E-state index in [2.05, 4.69) is 10.3 Å². The van der Waals surface area contributed by atoms with Crippen LogP contribution in [0.25, 0.3) is 0 Å². The largest absolute Gasteiger partial charge is 0.487 e. The second-order valence-corrected chi connectivity index (χ2v) is 10.9. The van der Waals surface area contributed by atoms with Crippen molar-refractivity contribution in [3.63, 3.8) is 0 Å². The molecular formula is C27H32ClF2N5O5. The standard InChI is InChI=1S/C27H32ClF2N5O5/c1-2-35-23(24(29)30)19(31-32-35)14-40-20-10-9-18(28)17-11-13-34(25(22(17)20)33-12-5-8-21(33)36)26(37)15-6-3-4-7-16(15)27(38)39/h9-10,15-16,24-25H,2-8,11-14H2,1H3,(H,38,39)/t15-,16+,25?/m1/s1. The van der Waals surface area contributed by atoms with Crippen molar-refractivity contribution in [3.8, 4) is 5.75 Å². The van der Waals surface area contributed by atoms with E-state index in [1.165, 1.54) is 0 Å². The number of alkyl halides is 2. The van der Waals surface area contributed by atoms with Gasteiger partial charge in [-0.1, -0.05) is 29.7 Å². The van der Waals surface area contributed by atoms with Gasteiger partial charge >= 0.3 is 5.97 Å². The zero-order valence-electron chi connectivity index (χ0n) is 22.2. The molecule has 2 fully saturated rings. The first-order valence-electron chi connectivity index (χ1n) is 13.7. The van der Waals surface area contributed by atoms with Gasteiger partial charge in [0.15, 0.2) is 0 Å². The molecule has 216 valence electrons. The van der Waals surface area contributed by atoms with Gasteiger partial charge in [0.25, 0.3) is 6.43 Å². The van der Waals surface area contributed by atoms with Gasteiger partial charge in [-0.05, 0) is 50.3 Å². The third-order valence-corrected chi connectivity index (χ3v) is 8.58. The molecule has 1 aliphatic carbocycles. The molecule has 13 heteroatoms. The molecule has 1 saturated heterocycles. The molecular weight excluding hydrogens is 548 g/mol. The lowest BCUT2D eigenvalue weighted by Crippen LogP contribution is -2.52. The van der Waals surface area contributed by atoms with Crippen LogP contribution in [-0.2, 0) is 34.0 Å². The molecule has 3 atom stereocenters. The first-order valence-corrected chi connectivity index (χ1v) is 14.1. The Labute approximate surface area is 235 Å². The van der Waals surface area contributed by atoms with Gasteiger partial charge < -0.3 is 19.6 Å². The Morgan fingerprint density at radius 2 is 1.90 bits per heavy atom. The molecule has 1 saturated carbocycles. The molecule has 0 spiro atoms. The Kier molecular flexibility index (Phi) is 8.25. The van der Waals surface area contributed by atoms with Crippen LogP contribution in [-0.4, -0.2) is 60.8 Å². The zero-order chi connectivity index (χ0) is 28.6. The maximum Gasteiger partial charge on any atom is 0.307 e. The van der Waals surface area contributed by atoms with Crippen molar-refractivity contribution >= 4 is 29.4 Å². The molecule has 40 heavy (non-hydrogen) atoms. The van der Waals surface area contributed by atoms with Gasteiger partial charge in [-0.2, -0.15) is 0 Å². The van der Waals surface area contributed by atoms with Crippen LogP contribution < -0.4 is 4.74 Å². The Morgan fingerprint density at radius 1 is 1.15 bits per heavy atom. The maximum atomic E-state index is 14.0. The second-order valence-electron chi connectivity index (χ2n) is 10.4. The van der Waals surface area contributed by atoms with E-state index in [1.807, 2.05) is 0 Å². The highest BCUT2D eigenvalue weighted by atomic mass is 35.5. The second kappa shape index (κ2) is 11.7. The summed E-state index contributed by atoms with van der Waals surface area (Å²) in [5.41, 5.74) is 0.888. The highest BCUT2D eigenvalue weighted by Crippen LogP contribution is 2.45. The molecule has 1 N–H and O–H groups in total. The third-order valence-electron chi connectivity index (χ3n) is 8.22. The number of aromatic nitrogens is 3. The molecule has 0 radical (unpaired) electrons. The fraction of sp³-hybridized carbons (Fsp3) is 0.593. The SMILES string of the molecule is CCn1nnc(COc2ccc(Cl)c3c2C(N2CCCC2=O)N(C(=O)[C@@H]2CCCC[C@@H]2C(=O)O)CC3)c1C(F)F. The molecule has 0 bridgehead atoms. The van der Waals surface area contributed by atoms with Gasteiger partial charge in [0.05, 0.1) is 11.8 Å². The van der Waals surface area contributed by atoms with E-state index >= 15 is 0 Å². The molecule has 1 aromatic carbocycles. The van der Waals surface area contributed by atoms with Gasteiger partial charge in [0, 0.05) is 36.6 Å². The molecule has 5 rings (SSSR count). The van der Waals surface area contributed by atoms with Gasteiger partial charge in [-0.25, -0.2) is 13.5 Å². The summed E-state index contributed by atoms with van der Waals surface area (Å²) in [6, 6.07) is 3.25. The van der Waals surface area contributed by atoms with E-state index in [-0.39, 0.29) is 42.9 Å². The Balaban J connectivity index is 1.54. The molecule has 2 amide bonds.